The van der Waals surface area contributed by atoms with Gasteiger partial charge in [0.25, 0.3) is 0 Å². The summed E-state index contributed by atoms with van der Waals surface area (Å²) in [5.74, 6) is -0.325. The molecule has 0 amide bonds. The number of aliphatic imine (C=N–C) groups is 1. The number of hydrogen-bond acceptors (Lipinski definition) is 3. The van der Waals surface area contributed by atoms with Crippen LogP contribution in [0.3, 0.4) is 0 Å². The maximum atomic E-state index is 12.3. The Morgan fingerprint density at radius 2 is 1.21 bits per heavy atom. The average molecular weight is 547 g/mol. The first-order valence-electron chi connectivity index (χ1n) is 14.0. The van der Waals surface area contributed by atoms with Crippen LogP contribution in [0.25, 0.3) is 39.3 Å². The SMILES string of the molecule is CCOC(=O)c1ccc(-n2c(-c3ccccc3)cc(C=Nc3ccc(-c4ccccc4)cc3)c2-c2ccccc2)cc1. The van der Waals surface area contributed by atoms with Gasteiger partial charge in [-0.3, -0.25) is 4.99 Å². The van der Waals surface area contributed by atoms with Crippen LogP contribution in [0, 0.1) is 0 Å². The molecular formula is C38H30N2O2. The summed E-state index contributed by atoms with van der Waals surface area (Å²) in [4.78, 5) is 17.2. The fraction of sp³-hybridized carbons (Fsp3) is 0.0526. The molecule has 0 aliphatic heterocycles. The topological polar surface area (TPSA) is 43.6 Å². The Kier molecular flexibility index (Phi) is 7.87. The zero-order chi connectivity index (χ0) is 28.7. The molecule has 0 aliphatic rings. The molecule has 0 saturated carbocycles. The fourth-order valence-corrected chi connectivity index (χ4v) is 5.09. The van der Waals surface area contributed by atoms with Crippen molar-refractivity contribution in [2.45, 2.75) is 6.92 Å². The van der Waals surface area contributed by atoms with Crippen molar-refractivity contribution >= 4 is 17.9 Å². The number of carbonyl (C=O) groups is 1. The van der Waals surface area contributed by atoms with Crippen LogP contribution in [0.4, 0.5) is 5.69 Å². The van der Waals surface area contributed by atoms with Gasteiger partial charge < -0.3 is 9.30 Å². The van der Waals surface area contributed by atoms with E-state index in [0.29, 0.717) is 12.2 Å². The van der Waals surface area contributed by atoms with Crippen molar-refractivity contribution in [3.63, 3.8) is 0 Å². The van der Waals surface area contributed by atoms with Crippen molar-refractivity contribution in [2.75, 3.05) is 6.61 Å². The van der Waals surface area contributed by atoms with Gasteiger partial charge in [-0.2, -0.15) is 0 Å². The van der Waals surface area contributed by atoms with Crippen LogP contribution >= 0.6 is 0 Å². The zero-order valence-electron chi connectivity index (χ0n) is 23.4. The molecule has 0 unspecified atom stereocenters. The van der Waals surface area contributed by atoms with Crippen molar-refractivity contribution in [3.8, 4) is 39.3 Å². The maximum Gasteiger partial charge on any atom is 0.338 e. The second-order valence-corrected chi connectivity index (χ2v) is 9.84. The molecule has 0 radical (unpaired) electrons. The summed E-state index contributed by atoms with van der Waals surface area (Å²) >= 11 is 0. The van der Waals surface area contributed by atoms with Gasteiger partial charge in [0.15, 0.2) is 0 Å². The molecule has 0 saturated heterocycles. The van der Waals surface area contributed by atoms with E-state index in [1.165, 1.54) is 5.56 Å². The van der Waals surface area contributed by atoms with E-state index < -0.39 is 0 Å². The average Bonchev–Trinajstić information content (AvgIpc) is 3.45. The molecule has 4 nitrogen and oxygen atoms in total. The number of nitrogens with zero attached hydrogens (tertiary/aromatic N) is 2. The molecule has 204 valence electrons. The molecule has 0 atom stereocenters. The van der Waals surface area contributed by atoms with Crippen molar-refractivity contribution in [1.82, 2.24) is 4.57 Å². The summed E-state index contributed by atoms with van der Waals surface area (Å²) in [6.07, 6.45) is 1.94. The first-order chi connectivity index (χ1) is 20.7. The van der Waals surface area contributed by atoms with Crippen LogP contribution in [0.1, 0.15) is 22.8 Å². The van der Waals surface area contributed by atoms with Crippen molar-refractivity contribution < 1.29 is 9.53 Å². The first kappa shape index (κ1) is 26.7. The van der Waals surface area contributed by atoms with Crippen LogP contribution < -0.4 is 0 Å². The van der Waals surface area contributed by atoms with Crippen molar-refractivity contribution in [2.24, 2.45) is 4.99 Å². The number of benzene rings is 5. The third-order valence-electron chi connectivity index (χ3n) is 7.11. The second-order valence-electron chi connectivity index (χ2n) is 9.84. The normalized spacial score (nSPS) is 11.1. The highest BCUT2D eigenvalue weighted by molar-refractivity contribution is 5.95. The number of aromatic nitrogens is 1. The van der Waals surface area contributed by atoms with Gasteiger partial charge in [0.05, 0.1) is 29.2 Å². The lowest BCUT2D eigenvalue weighted by molar-refractivity contribution is 0.0526. The molecule has 1 aromatic heterocycles. The van der Waals surface area contributed by atoms with Gasteiger partial charge in [0.2, 0.25) is 0 Å². The molecule has 0 fully saturated rings. The Morgan fingerprint density at radius 1 is 0.667 bits per heavy atom. The van der Waals surface area contributed by atoms with Crippen LogP contribution in [-0.4, -0.2) is 23.4 Å². The summed E-state index contributed by atoms with van der Waals surface area (Å²) in [5.41, 5.74) is 9.85. The van der Waals surface area contributed by atoms with Gasteiger partial charge in [0, 0.05) is 17.5 Å². The number of carbonyl (C=O) groups excluding carboxylic acids is 1. The third-order valence-corrected chi connectivity index (χ3v) is 7.11. The molecule has 0 bridgehead atoms. The molecule has 5 aromatic carbocycles. The Labute approximate surface area is 246 Å². The fourth-order valence-electron chi connectivity index (χ4n) is 5.09. The minimum absolute atomic E-state index is 0.325. The largest absolute Gasteiger partial charge is 0.462 e. The zero-order valence-corrected chi connectivity index (χ0v) is 23.4. The monoisotopic (exact) mass is 546 g/mol. The summed E-state index contributed by atoms with van der Waals surface area (Å²) in [6, 6.07) is 49.0. The Hall–Kier alpha value is -5.48. The van der Waals surface area contributed by atoms with E-state index >= 15 is 0 Å². The molecule has 0 spiro atoms. The Bertz CT molecular complexity index is 1800. The van der Waals surface area contributed by atoms with E-state index in [1.807, 2.05) is 104 Å². The number of esters is 1. The molecule has 0 aliphatic carbocycles. The van der Waals surface area contributed by atoms with E-state index in [9.17, 15) is 4.79 Å². The smallest absolute Gasteiger partial charge is 0.338 e. The van der Waals surface area contributed by atoms with E-state index in [1.54, 1.807) is 0 Å². The van der Waals surface area contributed by atoms with E-state index in [0.717, 1.165) is 45.0 Å². The lowest BCUT2D eigenvalue weighted by atomic mass is 10.1. The molecule has 42 heavy (non-hydrogen) atoms. The van der Waals surface area contributed by atoms with Crippen molar-refractivity contribution in [1.29, 1.82) is 0 Å². The number of hydrogen-bond donors (Lipinski definition) is 0. The second kappa shape index (κ2) is 12.4. The van der Waals surface area contributed by atoms with Crippen LogP contribution in [0.5, 0.6) is 0 Å². The van der Waals surface area contributed by atoms with Gasteiger partial charge in [-0.15, -0.1) is 0 Å². The predicted octanol–water partition coefficient (Wildman–Crippen LogP) is 9.41. The Morgan fingerprint density at radius 3 is 1.81 bits per heavy atom. The molecule has 1 heterocycles. The van der Waals surface area contributed by atoms with Gasteiger partial charge in [-0.25, -0.2) is 4.79 Å². The third kappa shape index (κ3) is 5.70. The van der Waals surface area contributed by atoms with Crippen LogP contribution in [0.2, 0.25) is 0 Å². The van der Waals surface area contributed by atoms with Gasteiger partial charge in [-0.1, -0.05) is 103 Å². The van der Waals surface area contributed by atoms with Crippen LogP contribution in [-0.2, 0) is 4.74 Å². The highest BCUT2D eigenvalue weighted by Gasteiger charge is 2.19. The lowest BCUT2D eigenvalue weighted by Gasteiger charge is -2.15. The predicted molar refractivity (Wildman–Crippen MR) is 172 cm³/mol. The maximum absolute atomic E-state index is 12.3. The highest BCUT2D eigenvalue weighted by atomic mass is 16.5. The molecular weight excluding hydrogens is 516 g/mol. The van der Waals surface area contributed by atoms with Crippen molar-refractivity contribution in [3.05, 3.63) is 157 Å². The summed E-state index contributed by atoms with van der Waals surface area (Å²) in [7, 11) is 0. The number of rotatable bonds is 8. The van der Waals surface area contributed by atoms with Crippen LogP contribution in [0.15, 0.2) is 151 Å². The standard InChI is InChI=1S/C38H30N2O2/c1-2-42-38(41)32-20-24-35(25-21-32)40-36(30-14-8-4-9-15-30)26-33(37(40)31-16-10-5-11-17-31)27-39-34-22-18-29(19-23-34)28-12-6-3-7-13-28/h3-27H,2H2,1H3. The van der Waals surface area contributed by atoms with E-state index in [4.69, 9.17) is 9.73 Å². The molecule has 0 N–H and O–H groups in total. The molecule has 6 rings (SSSR count). The van der Waals surface area contributed by atoms with E-state index in [2.05, 4.69) is 59.2 Å². The highest BCUT2D eigenvalue weighted by Crippen LogP contribution is 2.36. The quantitative estimate of drug-likeness (QED) is 0.141. The molecule has 6 aromatic rings. The van der Waals surface area contributed by atoms with E-state index in [-0.39, 0.29) is 5.97 Å². The van der Waals surface area contributed by atoms with Gasteiger partial charge in [0.1, 0.15) is 0 Å². The molecule has 4 heteroatoms. The lowest BCUT2D eigenvalue weighted by Crippen LogP contribution is -2.05. The Balaban J connectivity index is 1.47. The summed E-state index contributed by atoms with van der Waals surface area (Å²) < 4.78 is 7.44. The number of ether oxygens (including phenoxy) is 1. The summed E-state index contributed by atoms with van der Waals surface area (Å²) in [5, 5.41) is 0. The first-order valence-corrected chi connectivity index (χ1v) is 14.0. The van der Waals surface area contributed by atoms with Gasteiger partial charge in [-0.05, 0) is 71.6 Å². The van der Waals surface area contributed by atoms with Gasteiger partial charge >= 0.3 is 5.97 Å². The summed E-state index contributed by atoms with van der Waals surface area (Å²) in [6.45, 7) is 2.15. The minimum Gasteiger partial charge on any atom is -0.462 e. The minimum atomic E-state index is -0.325.